The second kappa shape index (κ2) is 6.39. The van der Waals surface area contributed by atoms with Gasteiger partial charge >= 0.3 is 0 Å². The molecule has 0 saturated heterocycles. The van der Waals surface area contributed by atoms with Crippen LogP contribution in [0.5, 0.6) is 0 Å². The molecule has 0 bridgehead atoms. The number of anilines is 1. The Morgan fingerprint density at radius 2 is 2.04 bits per heavy atom. The monoisotopic (exact) mass is 334 g/mol. The Hall–Kier alpha value is -3.15. The fraction of sp³-hybridized carbons (Fsp3) is 0.211. The van der Waals surface area contributed by atoms with Gasteiger partial charge in [0.15, 0.2) is 5.89 Å². The summed E-state index contributed by atoms with van der Waals surface area (Å²) in [7, 11) is 0. The van der Waals surface area contributed by atoms with Crippen LogP contribution in [0.15, 0.2) is 53.1 Å². The number of fused-ring (bicyclic) bond motifs is 1. The molecule has 1 aliphatic heterocycles. The van der Waals surface area contributed by atoms with Crippen LogP contribution in [0.3, 0.4) is 0 Å². The molecular formula is C19H18N4O2. The number of pyridine rings is 1. The molecule has 0 saturated carbocycles. The van der Waals surface area contributed by atoms with Gasteiger partial charge in [-0.1, -0.05) is 30.3 Å². The lowest BCUT2D eigenvalue weighted by molar-refractivity contribution is 0.0727. The van der Waals surface area contributed by atoms with Gasteiger partial charge < -0.3 is 15.1 Å². The van der Waals surface area contributed by atoms with Crippen LogP contribution in [0, 0.1) is 0 Å². The summed E-state index contributed by atoms with van der Waals surface area (Å²) >= 11 is 0. The van der Waals surface area contributed by atoms with E-state index in [0.717, 1.165) is 17.0 Å². The summed E-state index contributed by atoms with van der Waals surface area (Å²) in [4.78, 5) is 23.0. The average molecular weight is 334 g/mol. The van der Waals surface area contributed by atoms with Crippen LogP contribution in [0.2, 0.25) is 0 Å². The molecule has 2 N–H and O–H groups in total. The van der Waals surface area contributed by atoms with E-state index in [4.69, 9.17) is 10.2 Å². The minimum absolute atomic E-state index is 0.0641. The van der Waals surface area contributed by atoms with Crippen molar-refractivity contribution in [3.63, 3.8) is 0 Å². The molecule has 4 rings (SSSR count). The van der Waals surface area contributed by atoms with Gasteiger partial charge in [-0.3, -0.25) is 4.79 Å². The predicted molar refractivity (Wildman–Crippen MR) is 92.8 cm³/mol. The number of benzene rings is 1. The second-order valence-corrected chi connectivity index (χ2v) is 6.09. The van der Waals surface area contributed by atoms with Crippen molar-refractivity contribution < 1.29 is 9.21 Å². The Morgan fingerprint density at radius 3 is 2.80 bits per heavy atom. The van der Waals surface area contributed by atoms with Gasteiger partial charge in [-0.05, 0) is 17.7 Å². The number of amides is 1. The van der Waals surface area contributed by atoms with Crippen LogP contribution in [-0.2, 0) is 19.4 Å². The van der Waals surface area contributed by atoms with E-state index in [0.29, 0.717) is 43.2 Å². The van der Waals surface area contributed by atoms with E-state index < -0.39 is 0 Å². The second-order valence-electron chi connectivity index (χ2n) is 6.09. The molecule has 6 nitrogen and oxygen atoms in total. The highest BCUT2D eigenvalue weighted by molar-refractivity contribution is 5.94. The van der Waals surface area contributed by atoms with Crippen molar-refractivity contribution in [2.75, 3.05) is 12.3 Å². The van der Waals surface area contributed by atoms with Crippen LogP contribution in [0.1, 0.15) is 33.3 Å². The lowest BCUT2D eigenvalue weighted by Crippen LogP contribution is -2.35. The van der Waals surface area contributed by atoms with Crippen LogP contribution in [0.4, 0.5) is 5.82 Å². The number of nitrogens with zero attached hydrogens (tertiary/aromatic N) is 3. The first-order valence-corrected chi connectivity index (χ1v) is 8.21. The molecule has 0 unspecified atom stereocenters. The molecule has 0 spiro atoms. The predicted octanol–water partition coefficient (Wildman–Crippen LogP) is 2.44. The Morgan fingerprint density at radius 1 is 1.20 bits per heavy atom. The molecule has 1 amide bonds. The molecule has 0 aliphatic carbocycles. The number of carbonyl (C=O) groups is 1. The largest absolute Gasteiger partial charge is 0.445 e. The van der Waals surface area contributed by atoms with Gasteiger partial charge in [-0.25, -0.2) is 9.97 Å². The summed E-state index contributed by atoms with van der Waals surface area (Å²) in [6.45, 7) is 1.06. The lowest BCUT2D eigenvalue weighted by atomic mass is 10.1. The van der Waals surface area contributed by atoms with Crippen molar-refractivity contribution >= 4 is 11.7 Å². The minimum atomic E-state index is -0.0641. The quantitative estimate of drug-likeness (QED) is 0.795. The van der Waals surface area contributed by atoms with Gasteiger partial charge in [0.25, 0.3) is 5.91 Å². The van der Waals surface area contributed by atoms with Gasteiger partial charge in [0.1, 0.15) is 17.3 Å². The van der Waals surface area contributed by atoms with Gasteiger partial charge in [0.2, 0.25) is 0 Å². The van der Waals surface area contributed by atoms with E-state index >= 15 is 0 Å². The topological polar surface area (TPSA) is 85.3 Å². The van der Waals surface area contributed by atoms with Gasteiger partial charge in [-0.15, -0.1) is 0 Å². The van der Waals surface area contributed by atoms with E-state index in [9.17, 15) is 4.79 Å². The van der Waals surface area contributed by atoms with Crippen LogP contribution >= 0.6 is 0 Å². The highest BCUT2D eigenvalue weighted by atomic mass is 16.4. The van der Waals surface area contributed by atoms with Crippen LogP contribution in [0.25, 0.3) is 0 Å². The van der Waals surface area contributed by atoms with Crippen LogP contribution in [-0.4, -0.2) is 27.3 Å². The number of aromatic nitrogens is 2. The summed E-state index contributed by atoms with van der Waals surface area (Å²) < 4.78 is 5.88. The summed E-state index contributed by atoms with van der Waals surface area (Å²) in [6.07, 6.45) is 2.84. The maximum atomic E-state index is 12.6. The Kier molecular flexibility index (Phi) is 3.93. The van der Waals surface area contributed by atoms with E-state index in [1.807, 2.05) is 30.3 Å². The smallest absolute Gasteiger partial charge is 0.255 e. The average Bonchev–Trinajstić information content (AvgIpc) is 3.04. The zero-order valence-electron chi connectivity index (χ0n) is 13.7. The maximum absolute atomic E-state index is 12.6. The number of oxazole rings is 1. The molecule has 25 heavy (non-hydrogen) atoms. The van der Waals surface area contributed by atoms with Crippen molar-refractivity contribution in [2.24, 2.45) is 0 Å². The molecule has 126 valence electrons. The van der Waals surface area contributed by atoms with Crippen molar-refractivity contribution in [3.05, 3.63) is 77.1 Å². The number of rotatable bonds is 3. The SMILES string of the molecule is Nc1ccc(C(=O)N2CCc3oc(Cc4ccccc4)nc3C2)cn1. The first-order chi connectivity index (χ1) is 12.2. The molecule has 3 heterocycles. The zero-order valence-corrected chi connectivity index (χ0v) is 13.7. The Balaban J connectivity index is 1.49. The normalized spacial score (nSPS) is 13.5. The van der Waals surface area contributed by atoms with Crippen LogP contribution < -0.4 is 5.73 Å². The molecular weight excluding hydrogens is 316 g/mol. The van der Waals surface area contributed by atoms with Crippen molar-refractivity contribution in [1.82, 2.24) is 14.9 Å². The van der Waals surface area contributed by atoms with Crippen molar-refractivity contribution in [2.45, 2.75) is 19.4 Å². The summed E-state index contributed by atoms with van der Waals surface area (Å²) in [5.74, 6) is 1.91. The molecule has 3 aromatic rings. The standard InChI is InChI=1S/C19H18N4O2/c20-17-7-6-14(11-21-17)19(24)23-9-8-16-15(12-23)22-18(25-16)10-13-4-2-1-3-5-13/h1-7,11H,8-10,12H2,(H2,20,21). The molecule has 1 aromatic carbocycles. The Bertz CT molecular complexity index is 888. The third-order valence-corrected chi connectivity index (χ3v) is 4.29. The van der Waals surface area contributed by atoms with Gasteiger partial charge in [0.05, 0.1) is 12.1 Å². The lowest BCUT2D eigenvalue weighted by Gasteiger charge is -2.25. The zero-order chi connectivity index (χ0) is 17.2. The number of nitrogens with two attached hydrogens (primary N) is 1. The number of hydrogen-bond acceptors (Lipinski definition) is 5. The summed E-state index contributed by atoms with van der Waals surface area (Å²) in [5.41, 5.74) is 8.11. The molecule has 0 radical (unpaired) electrons. The first kappa shape index (κ1) is 15.4. The van der Waals surface area contributed by atoms with E-state index in [-0.39, 0.29) is 5.91 Å². The molecule has 6 heteroatoms. The first-order valence-electron chi connectivity index (χ1n) is 8.21. The summed E-state index contributed by atoms with van der Waals surface area (Å²) in [5, 5.41) is 0. The number of hydrogen-bond donors (Lipinski definition) is 1. The number of nitrogen functional groups attached to an aromatic ring is 1. The number of carbonyl (C=O) groups excluding carboxylic acids is 1. The fourth-order valence-corrected chi connectivity index (χ4v) is 2.99. The maximum Gasteiger partial charge on any atom is 0.255 e. The van der Waals surface area contributed by atoms with E-state index in [1.54, 1.807) is 17.0 Å². The Labute approximate surface area is 145 Å². The third kappa shape index (κ3) is 3.24. The van der Waals surface area contributed by atoms with Gasteiger partial charge in [0, 0.05) is 25.6 Å². The van der Waals surface area contributed by atoms with Crippen molar-refractivity contribution in [3.8, 4) is 0 Å². The highest BCUT2D eigenvalue weighted by Gasteiger charge is 2.26. The van der Waals surface area contributed by atoms with Crippen molar-refractivity contribution in [1.29, 1.82) is 0 Å². The fourth-order valence-electron chi connectivity index (χ4n) is 2.99. The molecule has 0 fully saturated rings. The highest BCUT2D eigenvalue weighted by Crippen LogP contribution is 2.22. The third-order valence-electron chi connectivity index (χ3n) is 4.29. The van der Waals surface area contributed by atoms with Gasteiger partial charge in [-0.2, -0.15) is 0 Å². The minimum Gasteiger partial charge on any atom is -0.445 e. The molecule has 1 aliphatic rings. The van der Waals surface area contributed by atoms with E-state index in [2.05, 4.69) is 9.97 Å². The summed E-state index contributed by atoms with van der Waals surface area (Å²) in [6, 6.07) is 13.4. The molecule has 0 atom stereocenters. The van der Waals surface area contributed by atoms with E-state index in [1.165, 1.54) is 6.20 Å². The molecule has 2 aromatic heterocycles.